The Morgan fingerprint density at radius 3 is 2.50 bits per heavy atom. The van der Waals surface area contributed by atoms with Gasteiger partial charge in [0.05, 0.1) is 9.20 Å². The van der Waals surface area contributed by atoms with E-state index in [1.54, 1.807) is 16.2 Å². The van der Waals surface area contributed by atoms with E-state index >= 15 is 0 Å². The number of halogens is 1. The monoisotopic (exact) mass is 332 g/mol. The topological polar surface area (TPSA) is 46.3 Å². The lowest BCUT2D eigenvalue weighted by Crippen LogP contribution is -2.45. The Labute approximate surface area is 121 Å². The van der Waals surface area contributed by atoms with Crippen molar-refractivity contribution < 1.29 is 4.79 Å². The molecule has 0 aliphatic heterocycles. The third-order valence-electron chi connectivity index (χ3n) is 3.59. The van der Waals surface area contributed by atoms with Crippen molar-refractivity contribution in [3.05, 3.63) is 20.8 Å². The molecule has 0 saturated carbocycles. The third-order valence-corrected chi connectivity index (χ3v) is 5.14. The zero-order chi connectivity index (χ0) is 13.8. The maximum atomic E-state index is 12.5. The van der Waals surface area contributed by atoms with Gasteiger partial charge < -0.3 is 10.6 Å². The first kappa shape index (κ1) is 15.7. The highest BCUT2D eigenvalue weighted by Crippen LogP contribution is 2.28. The highest BCUT2D eigenvalue weighted by molar-refractivity contribution is 9.11. The number of hydrogen-bond donors (Lipinski definition) is 1. The molecule has 0 saturated heterocycles. The summed E-state index contributed by atoms with van der Waals surface area (Å²) in [5.74, 6) is 0.150. The highest BCUT2D eigenvalue weighted by Gasteiger charge is 2.35. The van der Waals surface area contributed by atoms with Crippen LogP contribution in [-0.4, -0.2) is 24.4 Å². The van der Waals surface area contributed by atoms with E-state index in [-0.39, 0.29) is 5.91 Å². The van der Waals surface area contributed by atoms with Gasteiger partial charge in [-0.1, -0.05) is 13.8 Å². The Bertz CT molecular complexity index is 393. The molecule has 0 radical (unpaired) electrons. The predicted octanol–water partition coefficient (Wildman–Crippen LogP) is 3.23. The number of carbonyl (C=O) groups excluding carboxylic acids is 1. The van der Waals surface area contributed by atoms with Crippen molar-refractivity contribution in [2.75, 3.05) is 13.6 Å². The van der Waals surface area contributed by atoms with E-state index in [4.69, 9.17) is 5.73 Å². The molecule has 102 valence electrons. The first-order valence-electron chi connectivity index (χ1n) is 6.17. The number of hydrogen-bond acceptors (Lipinski definition) is 3. The molecule has 1 heterocycles. The number of nitrogens with two attached hydrogens (primary N) is 1. The van der Waals surface area contributed by atoms with Gasteiger partial charge in [0, 0.05) is 20.1 Å². The first-order chi connectivity index (χ1) is 8.49. The van der Waals surface area contributed by atoms with Crippen molar-refractivity contribution in [2.45, 2.75) is 33.2 Å². The van der Waals surface area contributed by atoms with Crippen molar-refractivity contribution in [3.8, 4) is 0 Å². The summed E-state index contributed by atoms with van der Waals surface area (Å²) < 4.78 is 1.09. The number of amides is 1. The summed E-state index contributed by atoms with van der Waals surface area (Å²) >= 11 is 5.07. The van der Waals surface area contributed by atoms with Crippen molar-refractivity contribution in [2.24, 2.45) is 11.1 Å². The van der Waals surface area contributed by atoms with Crippen LogP contribution < -0.4 is 5.73 Å². The van der Waals surface area contributed by atoms with Crippen LogP contribution in [0.2, 0.25) is 0 Å². The van der Waals surface area contributed by atoms with E-state index in [0.29, 0.717) is 13.1 Å². The van der Waals surface area contributed by atoms with Crippen LogP contribution >= 0.6 is 27.3 Å². The molecule has 0 spiro atoms. The van der Waals surface area contributed by atoms with E-state index in [1.807, 2.05) is 20.9 Å². The van der Waals surface area contributed by atoms with Gasteiger partial charge in [-0.2, -0.15) is 0 Å². The minimum Gasteiger partial charge on any atom is -0.341 e. The van der Waals surface area contributed by atoms with Crippen LogP contribution in [0.25, 0.3) is 0 Å². The van der Waals surface area contributed by atoms with Gasteiger partial charge in [-0.05, 0) is 45.8 Å². The molecular weight excluding hydrogens is 312 g/mol. The molecule has 0 fully saturated rings. The normalized spacial score (nSPS) is 11.6. The second-order valence-electron chi connectivity index (χ2n) is 4.61. The summed E-state index contributed by atoms with van der Waals surface area (Å²) in [4.78, 5) is 14.3. The molecule has 0 aromatic carbocycles. The van der Waals surface area contributed by atoms with Crippen molar-refractivity contribution in [1.82, 2.24) is 4.90 Å². The Kier molecular flexibility index (Phi) is 5.82. The number of carbonyl (C=O) groups is 1. The Hall–Kier alpha value is -0.390. The van der Waals surface area contributed by atoms with Gasteiger partial charge in [0.25, 0.3) is 0 Å². The lowest BCUT2D eigenvalue weighted by molar-refractivity contribution is -0.141. The molecule has 1 aromatic rings. The van der Waals surface area contributed by atoms with Gasteiger partial charge >= 0.3 is 0 Å². The fraction of sp³-hybridized carbons (Fsp3) is 0.615. The molecule has 0 atom stereocenters. The number of thiophene rings is 1. The number of rotatable bonds is 6. The first-order valence-corrected chi connectivity index (χ1v) is 7.85. The molecule has 5 heteroatoms. The summed E-state index contributed by atoms with van der Waals surface area (Å²) in [7, 11) is 1.85. The van der Waals surface area contributed by atoms with Crippen LogP contribution in [-0.2, 0) is 11.3 Å². The average Bonchev–Trinajstić information content (AvgIpc) is 2.77. The van der Waals surface area contributed by atoms with Crippen LogP contribution in [0.4, 0.5) is 0 Å². The molecule has 2 N–H and O–H groups in total. The second kappa shape index (κ2) is 6.68. The van der Waals surface area contributed by atoms with Gasteiger partial charge in [-0.3, -0.25) is 4.79 Å². The molecule has 1 aromatic heterocycles. The van der Waals surface area contributed by atoms with E-state index in [2.05, 4.69) is 27.4 Å². The summed E-state index contributed by atoms with van der Waals surface area (Å²) in [6.45, 7) is 5.12. The van der Waals surface area contributed by atoms with E-state index in [1.165, 1.54) is 0 Å². The Morgan fingerprint density at radius 2 is 2.11 bits per heavy atom. The van der Waals surface area contributed by atoms with Crippen LogP contribution in [0.1, 0.15) is 32.3 Å². The molecule has 1 rings (SSSR count). The van der Waals surface area contributed by atoms with Gasteiger partial charge in [-0.15, -0.1) is 11.3 Å². The van der Waals surface area contributed by atoms with Crippen LogP contribution in [0.5, 0.6) is 0 Å². The van der Waals surface area contributed by atoms with E-state index in [0.717, 1.165) is 22.2 Å². The molecule has 1 amide bonds. The molecule has 0 unspecified atom stereocenters. The van der Waals surface area contributed by atoms with Gasteiger partial charge in [-0.25, -0.2) is 0 Å². The average molecular weight is 333 g/mol. The summed E-state index contributed by atoms with van der Waals surface area (Å²) in [5, 5.41) is 2.07. The van der Waals surface area contributed by atoms with Crippen LogP contribution in [0, 0.1) is 5.41 Å². The minimum absolute atomic E-state index is 0.150. The quantitative estimate of drug-likeness (QED) is 0.869. The zero-order valence-corrected chi connectivity index (χ0v) is 13.6. The maximum absolute atomic E-state index is 12.5. The van der Waals surface area contributed by atoms with Crippen molar-refractivity contribution in [3.63, 3.8) is 0 Å². The third kappa shape index (κ3) is 3.33. The summed E-state index contributed by atoms with van der Waals surface area (Å²) in [5.41, 5.74) is 6.56. The molecule has 0 aliphatic carbocycles. The summed E-state index contributed by atoms with van der Waals surface area (Å²) in [6, 6.07) is 2.05. The zero-order valence-electron chi connectivity index (χ0n) is 11.2. The number of nitrogens with zero attached hydrogens (tertiary/aromatic N) is 1. The lowest BCUT2D eigenvalue weighted by atomic mass is 9.81. The predicted molar refractivity (Wildman–Crippen MR) is 80.6 cm³/mol. The van der Waals surface area contributed by atoms with Crippen LogP contribution in [0.15, 0.2) is 15.2 Å². The SMILES string of the molecule is CCC(CC)(CN)C(=O)N(C)Cc1csc(Br)c1. The van der Waals surface area contributed by atoms with Crippen molar-refractivity contribution in [1.29, 1.82) is 0 Å². The standard InChI is InChI=1S/C13H21BrN2OS/c1-4-13(5-2,9-15)12(17)16(3)7-10-6-11(14)18-8-10/h6,8H,4-5,7,9,15H2,1-3H3. The van der Waals surface area contributed by atoms with E-state index in [9.17, 15) is 4.79 Å². The van der Waals surface area contributed by atoms with E-state index < -0.39 is 5.41 Å². The maximum Gasteiger partial charge on any atom is 0.230 e. The second-order valence-corrected chi connectivity index (χ2v) is 6.90. The van der Waals surface area contributed by atoms with Crippen molar-refractivity contribution >= 4 is 33.2 Å². The van der Waals surface area contributed by atoms with Crippen LogP contribution in [0.3, 0.4) is 0 Å². The Morgan fingerprint density at radius 1 is 1.50 bits per heavy atom. The molecular formula is C13H21BrN2OS. The Balaban J connectivity index is 2.76. The fourth-order valence-corrected chi connectivity index (χ4v) is 3.31. The van der Waals surface area contributed by atoms with Gasteiger partial charge in [0.2, 0.25) is 5.91 Å². The molecule has 3 nitrogen and oxygen atoms in total. The fourth-order valence-electron chi connectivity index (χ4n) is 2.11. The molecule has 0 bridgehead atoms. The molecule has 0 aliphatic rings. The molecule has 18 heavy (non-hydrogen) atoms. The van der Waals surface area contributed by atoms with Gasteiger partial charge in [0.1, 0.15) is 0 Å². The summed E-state index contributed by atoms with van der Waals surface area (Å²) in [6.07, 6.45) is 1.58. The largest absolute Gasteiger partial charge is 0.341 e. The highest BCUT2D eigenvalue weighted by atomic mass is 79.9. The lowest BCUT2D eigenvalue weighted by Gasteiger charge is -2.33. The van der Waals surface area contributed by atoms with Gasteiger partial charge in [0.15, 0.2) is 0 Å². The smallest absolute Gasteiger partial charge is 0.230 e. The minimum atomic E-state index is -0.401.